The van der Waals surface area contributed by atoms with Crippen LogP contribution in [0, 0.1) is 13.8 Å². The monoisotopic (exact) mass is 371 g/mol. The van der Waals surface area contributed by atoms with E-state index in [4.69, 9.17) is 9.47 Å². The average Bonchev–Trinajstić information content (AvgIpc) is 3.26. The fourth-order valence-corrected chi connectivity index (χ4v) is 5.11. The Labute approximate surface area is 158 Å². The second kappa shape index (κ2) is 6.95. The standard InChI is InChI=1S/C21H25NO3S/c1-14-11-17(15(2)26-14)20(23)22-13-21(7-3-4-8-21)16-5-6-18-19(12-16)25-10-9-24-18/h5-6,11-12H,3-4,7-10,13H2,1-2H3,(H,22,23). The lowest BCUT2D eigenvalue weighted by atomic mass is 9.78. The number of carbonyl (C=O) groups is 1. The molecule has 0 saturated heterocycles. The van der Waals surface area contributed by atoms with Crippen LogP contribution in [-0.4, -0.2) is 25.7 Å². The molecule has 5 heteroatoms. The van der Waals surface area contributed by atoms with Crippen LogP contribution in [0.5, 0.6) is 11.5 Å². The van der Waals surface area contributed by atoms with Gasteiger partial charge < -0.3 is 14.8 Å². The summed E-state index contributed by atoms with van der Waals surface area (Å²) in [6.45, 7) is 5.92. The summed E-state index contributed by atoms with van der Waals surface area (Å²) in [6.07, 6.45) is 4.57. The molecule has 1 amide bonds. The third-order valence-electron chi connectivity index (χ3n) is 5.59. The lowest BCUT2D eigenvalue weighted by molar-refractivity contribution is 0.0943. The Morgan fingerprint density at radius 1 is 1.12 bits per heavy atom. The maximum absolute atomic E-state index is 12.7. The molecule has 4 nitrogen and oxygen atoms in total. The smallest absolute Gasteiger partial charge is 0.252 e. The van der Waals surface area contributed by atoms with Gasteiger partial charge in [0.2, 0.25) is 0 Å². The van der Waals surface area contributed by atoms with Crippen molar-refractivity contribution in [3.8, 4) is 11.5 Å². The second-order valence-electron chi connectivity index (χ2n) is 7.36. The summed E-state index contributed by atoms with van der Waals surface area (Å²) in [5.74, 6) is 1.69. The molecule has 0 radical (unpaired) electrons. The average molecular weight is 372 g/mol. The Hall–Kier alpha value is -2.01. The molecule has 138 valence electrons. The molecule has 0 bridgehead atoms. The zero-order valence-electron chi connectivity index (χ0n) is 15.4. The van der Waals surface area contributed by atoms with E-state index in [1.165, 1.54) is 23.3 Å². The van der Waals surface area contributed by atoms with Gasteiger partial charge >= 0.3 is 0 Å². The van der Waals surface area contributed by atoms with Gasteiger partial charge in [0.05, 0.1) is 5.56 Å². The number of aryl methyl sites for hydroxylation is 2. The second-order valence-corrected chi connectivity index (χ2v) is 8.82. The number of hydrogen-bond donors (Lipinski definition) is 1. The van der Waals surface area contributed by atoms with Crippen molar-refractivity contribution in [2.45, 2.75) is 44.9 Å². The predicted molar refractivity (Wildman–Crippen MR) is 104 cm³/mol. The van der Waals surface area contributed by atoms with Crippen LogP contribution in [0.25, 0.3) is 0 Å². The summed E-state index contributed by atoms with van der Waals surface area (Å²) in [5, 5.41) is 3.21. The predicted octanol–water partition coefficient (Wildman–Crippen LogP) is 4.38. The van der Waals surface area contributed by atoms with Crippen molar-refractivity contribution < 1.29 is 14.3 Å². The van der Waals surface area contributed by atoms with Gasteiger partial charge in [-0.15, -0.1) is 11.3 Å². The van der Waals surface area contributed by atoms with E-state index in [9.17, 15) is 4.79 Å². The fraction of sp³-hybridized carbons (Fsp3) is 0.476. The molecule has 1 fully saturated rings. The van der Waals surface area contributed by atoms with E-state index in [-0.39, 0.29) is 11.3 Å². The minimum Gasteiger partial charge on any atom is -0.486 e. The Morgan fingerprint density at radius 2 is 1.85 bits per heavy atom. The highest BCUT2D eigenvalue weighted by Gasteiger charge is 2.37. The molecule has 26 heavy (non-hydrogen) atoms. The van der Waals surface area contributed by atoms with E-state index in [1.807, 2.05) is 26.0 Å². The number of benzene rings is 1. The van der Waals surface area contributed by atoms with E-state index in [1.54, 1.807) is 11.3 Å². The molecule has 0 atom stereocenters. The van der Waals surface area contributed by atoms with Gasteiger partial charge in [-0.25, -0.2) is 0 Å². The van der Waals surface area contributed by atoms with Crippen LogP contribution < -0.4 is 14.8 Å². The Kier molecular flexibility index (Phi) is 4.65. The quantitative estimate of drug-likeness (QED) is 0.868. The SMILES string of the molecule is Cc1cc(C(=O)NCC2(c3ccc4c(c3)OCCO4)CCCC2)c(C)s1. The normalized spacial score (nSPS) is 17.9. The topological polar surface area (TPSA) is 47.6 Å². The lowest BCUT2D eigenvalue weighted by Gasteiger charge is -2.31. The maximum atomic E-state index is 12.7. The summed E-state index contributed by atoms with van der Waals surface area (Å²) < 4.78 is 11.4. The molecule has 1 aliphatic carbocycles. The van der Waals surface area contributed by atoms with Crippen molar-refractivity contribution in [3.63, 3.8) is 0 Å². The zero-order valence-corrected chi connectivity index (χ0v) is 16.2. The van der Waals surface area contributed by atoms with E-state index >= 15 is 0 Å². The number of nitrogens with one attached hydrogen (secondary N) is 1. The van der Waals surface area contributed by atoms with Crippen LogP contribution in [0.3, 0.4) is 0 Å². The van der Waals surface area contributed by atoms with Crippen LogP contribution in [-0.2, 0) is 5.41 Å². The number of amides is 1. The largest absolute Gasteiger partial charge is 0.486 e. The highest BCUT2D eigenvalue weighted by atomic mass is 32.1. The van der Waals surface area contributed by atoms with E-state index in [2.05, 4.69) is 17.4 Å². The molecular weight excluding hydrogens is 346 g/mol. The van der Waals surface area contributed by atoms with Gasteiger partial charge in [0.15, 0.2) is 11.5 Å². The summed E-state index contributed by atoms with van der Waals surface area (Å²) in [6, 6.07) is 8.26. The van der Waals surface area contributed by atoms with Crippen molar-refractivity contribution in [2.24, 2.45) is 0 Å². The van der Waals surface area contributed by atoms with E-state index < -0.39 is 0 Å². The first-order chi connectivity index (χ1) is 12.6. The number of ether oxygens (including phenoxy) is 2. The molecule has 0 spiro atoms. The summed E-state index contributed by atoms with van der Waals surface area (Å²) >= 11 is 1.68. The first kappa shape index (κ1) is 17.4. The van der Waals surface area contributed by atoms with Gasteiger partial charge in [-0.3, -0.25) is 4.79 Å². The first-order valence-corrected chi connectivity index (χ1v) is 10.1. The van der Waals surface area contributed by atoms with Gasteiger partial charge in [-0.1, -0.05) is 18.9 Å². The third-order valence-corrected chi connectivity index (χ3v) is 6.55. The third kappa shape index (κ3) is 3.20. The molecule has 2 aromatic rings. The van der Waals surface area contributed by atoms with Crippen molar-refractivity contribution in [1.82, 2.24) is 5.32 Å². The number of carbonyl (C=O) groups excluding carboxylic acids is 1. The van der Waals surface area contributed by atoms with Crippen LogP contribution >= 0.6 is 11.3 Å². The summed E-state index contributed by atoms with van der Waals surface area (Å²) in [5.41, 5.74) is 2.05. The Morgan fingerprint density at radius 3 is 2.54 bits per heavy atom. The van der Waals surface area contributed by atoms with Crippen molar-refractivity contribution in [2.75, 3.05) is 19.8 Å². The lowest BCUT2D eigenvalue weighted by Crippen LogP contribution is -2.39. The number of thiophene rings is 1. The molecule has 1 aromatic heterocycles. The number of hydrogen-bond acceptors (Lipinski definition) is 4. The van der Waals surface area contributed by atoms with Crippen molar-refractivity contribution in [1.29, 1.82) is 0 Å². The fourth-order valence-electron chi connectivity index (χ4n) is 4.19. The highest BCUT2D eigenvalue weighted by molar-refractivity contribution is 7.12. The van der Waals surface area contributed by atoms with Crippen LogP contribution in [0.4, 0.5) is 0 Å². The molecule has 4 rings (SSSR count). The molecule has 2 aliphatic rings. The maximum Gasteiger partial charge on any atom is 0.252 e. The summed E-state index contributed by atoms with van der Waals surface area (Å²) in [7, 11) is 0. The molecular formula is C21H25NO3S. The van der Waals surface area contributed by atoms with Gasteiger partial charge in [0.25, 0.3) is 5.91 Å². The van der Waals surface area contributed by atoms with Gasteiger partial charge in [-0.2, -0.15) is 0 Å². The van der Waals surface area contributed by atoms with E-state index in [0.29, 0.717) is 19.8 Å². The zero-order chi connectivity index (χ0) is 18.1. The summed E-state index contributed by atoms with van der Waals surface area (Å²) in [4.78, 5) is 15.0. The first-order valence-electron chi connectivity index (χ1n) is 9.33. The van der Waals surface area contributed by atoms with Gasteiger partial charge in [0.1, 0.15) is 13.2 Å². The molecule has 2 heterocycles. The Bertz CT molecular complexity index is 821. The van der Waals surface area contributed by atoms with Crippen molar-refractivity contribution >= 4 is 17.2 Å². The molecule has 0 unspecified atom stereocenters. The molecule has 1 saturated carbocycles. The number of rotatable bonds is 4. The number of fused-ring (bicyclic) bond motifs is 1. The van der Waals surface area contributed by atoms with Crippen molar-refractivity contribution in [3.05, 3.63) is 45.1 Å². The van der Waals surface area contributed by atoms with Gasteiger partial charge in [-0.05, 0) is 50.5 Å². The molecule has 1 aromatic carbocycles. The van der Waals surface area contributed by atoms with Crippen LogP contribution in [0.1, 0.15) is 51.4 Å². The molecule has 1 N–H and O–H groups in total. The van der Waals surface area contributed by atoms with Crippen LogP contribution in [0.2, 0.25) is 0 Å². The minimum atomic E-state index is -0.00946. The van der Waals surface area contributed by atoms with Crippen LogP contribution in [0.15, 0.2) is 24.3 Å². The highest BCUT2D eigenvalue weighted by Crippen LogP contribution is 2.44. The Balaban J connectivity index is 1.55. The van der Waals surface area contributed by atoms with Gasteiger partial charge in [0, 0.05) is 21.7 Å². The minimum absolute atomic E-state index is 0.00946. The van der Waals surface area contributed by atoms with E-state index in [0.717, 1.165) is 34.8 Å². The molecule has 1 aliphatic heterocycles.